The number of aromatic nitrogens is 2. The van der Waals surface area contributed by atoms with Gasteiger partial charge in [0.1, 0.15) is 17.5 Å². The van der Waals surface area contributed by atoms with Crippen LogP contribution < -0.4 is 10.1 Å². The van der Waals surface area contributed by atoms with Crippen LogP contribution in [0.1, 0.15) is 41.2 Å². The fourth-order valence-electron chi connectivity index (χ4n) is 3.62. The van der Waals surface area contributed by atoms with E-state index in [0.717, 1.165) is 35.1 Å². The Hall–Kier alpha value is -3.66. The molecule has 7 heteroatoms. The zero-order valence-corrected chi connectivity index (χ0v) is 15.9. The highest BCUT2D eigenvalue weighted by Gasteiger charge is 2.22. The summed E-state index contributed by atoms with van der Waals surface area (Å²) in [5.74, 6) is 0.145. The largest absolute Gasteiger partial charge is 0.486 e. The summed E-state index contributed by atoms with van der Waals surface area (Å²) in [5.41, 5.74) is 4.32. The Bertz CT molecular complexity index is 1110. The first-order valence-corrected chi connectivity index (χ1v) is 9.37. The molecule has 1 aliphatic carbocycles. The number of hydrogen-bond acceptors (Lipinski definition) is 5. The molecule has 3 aromatic rings. The monoisotopic (exact) mass is 389 g/mol. The van der Waals surface area contributed by atoms with Crippen molar-refractivity contribution in [3.05, 3.63) is 70.8 Å². The number of aryl methyl sites for hydroxylation is 2. The van der Waals surface area contributed by atoms with Gasteiger partial charge in [-0.3, -0.25) is 0 Å². The Morgan fingerprint density at radius 3 is 2.90 bits per heavy atom. The first-order valence-electron chi connectivity index (χ1n) is 9.37. The smallest absolute Gasteiger partial charge is 0.234 e. The van der Waals surface area contributed by atoms with Gasteiger partial charge in [0, 0.05) is 24.9 Å². The minimum atomic E-state index is -0.484. The minimum absolute atomic E-state index is 0.111. The molecule has 146 valence electrons. The van der Waals surface area contributed by atoms with Crippen LogP contribution in [0.2, 0.25) is 0 Å². The van der Waals surface area contributed by atoms with E-state index in [4.69, 9.17) is 15.4 Å². The number of benzene rings is 2. The van der Waals surface area contributed by atoms with E-state index in [0.29, 0.717) is 22.6 Å². The Kier molecular flexibility index (Phi) is 5.00. The SMILES string of the molecule is Cn1ncc(Nc2cc(O[C@H]3CCCc4cc(C#N)ccc43)ccc2C=N)c1F. The van der Waals surface area contributed by atoms with Gasteiger partial charge in [-0.05, 0) is 54.7 Å². The van der Waals surface area contributed by atoms with Gasteiger partial charge in [-0.2, -0.15) is 14.8 Å². The first kappa shape index (κ1) is 18.7. The van der Waals surface area contributed by atoms with Crippen LogP contribution in [0.15, 0.2) is 42.6 Å². The number of ether oxygens (including phenoxy) is 1. The Balaban J connectivity index is 1.61. The summed E-state index contributed by atoms with van der Waals surface area (Å²) in [6.07, 6.45) is 5.30. The van der Waals surface area contributed by atoms with Gasteiger partial charge in [0.05, 0.1) is 23.5 Å². The maximum atomic E-state index is 14.1. The van der Waals surface area contributed by atoms with Crippen molar-refractivity contribution in [2.45, 2.75) is 25.4 Å². The van der Waals surface area contributed by atoms with Crippen LogP contribution >= 0.6 is 0 Å². The molecule has 1 aliphatic rings. The molecule has 0 unspecified atom stereocenters. The summed E-state index contributed by atoms with van der Waals surface area (Å²) in [5, 5.41) is 23.6. The molecule has 0 fully saturated rings. The van der Waals surface area contributed by atoms with Crippen molar-refractivity contribution >= 4 is 17.6 Å². The number of anilines is 2. The zero-order valence-electron chi connectivity index (χ0n) is 15.9. The minimum Gasteiger partial charge on any atom is -0.486 e. The van der Waals surface area contributed by atoms with E-state index in [-0.39, 0.29) is 11.8 Å². The molecule has 0 radical (unpaired) electrons. The van der Waals surface area contributed by atoms with Gasteiger partial charge in [0.2, 0.25) is 5.95 Å². The van der Waals surface area contributed by atoms with Gasteiger partial charge >= 0.3 is 0 Å². The molecule has 1 heterocycles. The summed E-state index contributed by atoms with van der Waals surface area (Å²) in [6.45, 7) is 0. The molecule has 0 amide bonds. The highest BCUT2D eigenvalue weighted by atomic mass is 19.1. The Morgan fingerprint density at radius 1 is 1.31 bits per heavy atom. The Morgan fingerprint density at radius 2 is 2.17 bits per heavy atom. The number of halogens is 1. The first-order chi connectivity index (χ1) is 14.1. The van der Waals surface area contributed by atoms with Crippen LogP contribution in [-0.2, 0) is 13.5 Å². The van der Waals surface area contributed by atoms with Crippen LogP contribution in [0.3, 0.4) is 0 Å². The lowest BCUT2D eigenvalue weighted by Gasteiger charge is -2.27. The quantitative estimate of drug-likeness (QED) is 0.623. The molecule has 0 saturated heterocycles. The van der Waals surface area contributed by atoms with Crippen molar-refractivity contribution in [1.82, 2.24) is 9.78 Å². The van der Waals surface area contributed by atoms with Gasteiger partial charge in [-0.25, -0.2) is 4.68 Å². The molecule has 2 aromatic carbocycles. The number of nitriles is 1. The van der Waals surface area contributed by atoms with Crippen molar-refractivity contribution in [3.63, 3.8) is 0 Å². The molecule has 29 heavy (non-hydrogen) atoms. The van der Waals surface area contributed by atoms with Crippen molar-refractivity contribution < 1.29 is 9.13 Å². The lowest BCUT2D eigenvalue weighted by molar-refractivity contribution is 0.183. The highest BCUT2D eigenvalue weighted by Crippen LogP contribution is 2.35. The molecule has 2 N–H and O–H groups in total. The molecule has 1 aromatic heterocycles. The van der Waals surface area contributed by atoms with E-state index in [1.165, 1.54) is 19.5 Å². The number of fused-ring (bicyclic) bond motifs is 1. The highest BCUT2D eigenvalue weighted by molar-refractivity contribution is 5.88. The van der Waals surface area contributed by atoms with Crippen LogP contribution in [0.5, 0.6) is 5.75 Å². The lowest BCUT2D eigenvalue weighted by Crippen LogP contribution is -2.15. The molecule has 0 saturated carbocycles. The third kappa shape index (κ3) is 3.69. The maximum Gasteiger partial charge on any atom is 0.234 e. The molecule has 0 spiro atoms. The normalized spacial score (nSPS) is 15.3. The average Bonchev–Trinajstić information content (AvgIpc) is 3.06. The summed E-state index contributed by atoms with van der Waals surface area (Å²) in [7, 11) is 1.52. The van der Waals surface area contributed by atoms with Crippen LogP contribution in [-0.4, -0.2) is 16.0 Å². The predicted molar refractivity (Wildman–Crippen MR) is 108 cm³/mol. The zero-order chi connectivity index (χ0) is 20.4. The molecule has 0 bridgehead atoms. The Labute approximate surface area is 168 Å². The van der Waals surface area contributed by atoms with E-state index >= 15 is 0 Å². The van der Waals surface area contributed by atoms with E-state index in [1.54, 1.807) is 12.1 Å². The fourth-order valence-corrected chi connectivity index (χ4v) is 3.62. The molecule has 1 atom stereocenters. The third-order valence-electron chi connectivity index (χ3n) is 5.13. The standard InChI is InChI=1S/C22H20FN5O/c1-28-22(23)20(13-26-28)27-19-10-17(7-6-16(19)12-25)29-21-4-2-3-15-9-14(11-24)5-8-18(15)21/h5-10,12-13,21,25,27H,2-4H2,1H3/t21-/m0/s1. The number of rotatable bonds is 5. The van der Waals surface area contributed by atoms with Gasteiger partial charge < -0.3 is 15.5 Å². The summed E-state index contributed by atoms with van der Waals surface area (Å²) >= 11 is 0. The van der Waals surface area contributed by atoms with Crippen molar-refractivity contribution in [2.24, 2.45) is 7.05 Å². The summed E-state index contributed by atoms with van der Waals surface area (Å²) < 4.78 is 21.5. The van der Waals surface area contributed by atoms with Crippen LogP contribution in [0.4, 0.5) is 15.8 Å². The van der Waals surface area contributed by atoms with Gasteiger partial charge in [0.15, 0.2) is 0 Å². The van der Waals surface area contributed by atoms with Crippen LogP contribution in [0, 0.1) is 22.7 Å². The molecule has 6 nitrogen and oxygen atoms in total. The van der Waals surface area contributed by atoms with Gasteiger partial charge in [-0.1, -0.05) is 6.07 Å². The summed E-state index contributed by atoms with van der Waals surface area (Å²) in [6, 6.07) is 13.2. The predicted octanol–water partition coefficient (Wildman–Crippen LogP) is 4.63. The number of nitrogens with zero attached hydrogens (tertiary/aromatic N) is 3. The maximum absolute atomic E-state index is 14.1. The molecular weight excluding hydrogens is 369 g/mol. The molecular formula is C22H20FN5O. The van der Waals surface area contributed by atoms with Crippen LogP contribution in [0.25, 0.3) is 0 Å². The van der Waals surface area contributed by atoms with E-state index in [9.17, 15) is 4.39 Å². The van der Waals surface area contributed by atoms with Crippen molar-refractivity contribution in [1.29, 1.82) is 10.7 Å². The second kappa shape index (κ2) is 7.76. The molecule has 0 aliphatic heterocycles. The second-order valence-corrected chi connectivity index (χ2v) is 7.02. The summed E-state index contributed by atoms with van der Waals surface area (Å²) in [4.78, 5) is 0. The van der Waals surface area contributed by atoms with E-state index in [2.05, 4.69) is 16.5 Å². The molecule has 4 rings (SSSR count). The third-order valence-corrected chi connectivity index (χ3v) is 5.13. The van der Waals surface area contributed by atoms with Gasteiger partial charge in [0.25, 0.3) is 0 Å². The lowest BCUT2D eigenvalue weighted by atomic mass is 9.88. The van der Waals surface area contributed by atoms with Crippen molar-refractivity contribution in [3.8, 4) is 11.8 Å². The fraction of sp³-hybridized carbons (Fsp3) is 0.227. The van der Waals surface area contributed by atoms with Crippen molar-refractivity contribution in [2.75, 3.05) is 5.32 Å². The van der Waals surface area contributed by atoms with E-state index < -0.39 is 5.95 Å². The average molecular weight is 389 g/mol. The van der Waals surface area contributed by atoms with Gasteiger partial charge in [-0.15, -0.1) is 0 Å². The number of nitrogens with one attached hydrogen (secondary N) is 2. The number of hydrogen-bond donors (Lipinski definition) is 2. The topological polar surface area (TPSA) is 86.7 Å². The van der Waals surface area contributed by atoms with E-state index in [1.807, 2.05) is 24.3 Å². The second-order valence-electron chi connectivity index (χ2n) is 7.02.